The molecule has 1 rings (SSSR count). The van der Waals surface area contributed by atoms with Crippen molar-refractivity contribution >= 4 is 0 Å². The minimum absolute atomic E-state index is 0.732. The van der Waals surface area contributed by atoms with Crippen LogP contribution in [0.5, 0.6) is 0 Å². The van der Waals surface area contributed by atoms with E-state index in [-0.39, 0.29) is 0 Å². The first kappa shape index (κ1) is 13.0. The summed E-state index contributed by atoms with van der Waals surface area (Å²) in [6, 6.07) is 0.732. The van der Waals surface area contributed by atoms with Gasteiger partial charge in [0.1, 0.15) is 0 Å². The van der Waals surface area contributed by atoms with Gasteiger partial charge in [0.2, 0.25) is 0 Å². The van der Waals surface area contributed by atoms with Crippen LogP contribution in [0.1, 0.15) is 59.8 Å². The van der Waals surface area contributed by atoms with Crippen molar-refractivity contribution in [2.75, 3.05) is 13.1 Å². The van der Waals surface area contributed by atoms with Gasteiger partial charge in [0.25, 0.3) is 0 Å². The zero-order valence-corrected chi connectivity index (χ0v) is 11.1. The van der Waals surface area contributed by atoms with Crippen molar-refractivity contribution in [3.8, 4) is 0 Å². The van der Waals surface area contributed by atoms with Crippen LogP contribution in [0.2, 0.25) is 0 Å². The lowest BCUT2D eigenvalue weighted by Gasteiger charge is -2.28. The Balaban J connectivity index is 2.47. The lowest BCUT2D eigenvalue weighted by molar-refractivity contribution is 0.197. The lowest BCUT2D eigenvalue weighted by Crippen LogP contribution is -2.33. The summed E-state index contributed by atoms with van der Waals surface area (Å²) in [5.41, 5.74) is 0. The first-order chi connectivity index (χ1) is 7.11. The van der Waals surface area contributed by atoms with E-state index in [4.69, 9.17) is 0 Å². The molecule has 1 nitrogen and oxygen atoms in total. The summed E-state index contributed by atoms with van der Waals surface area (Å²) < 4.78 is 0. The minimum Gasteiger partial charge on any atom is -0.301 e. The van der Waals surface area contributed by atoms with Crippen molar-refractivity contribution in [2.24, 2.45) is 11.8 Å². The molecule has 1 atom stereocenters. The fourth-order valence-electron chi connectivity index (χ4n) is 2.67. The molecule has 1 saturated heterocycles. The summed E-state index contributed by atoms with van der Waals surface area (Å²) in [6.45, 7) is 12.1. The van der Waals surface area contributed by atoms with Crippen LogP contribution in [0, 0.1) is 11.8 Å². The average Bonchev–Trinajstić information content (AvgIpc) is 2.27. The van der Waals surface area contributed by atoms with Crippen LogP contribution < -0.4 is 0 Å². The third-order valence-corrected chi connectivity index (χ3v) is 3.98. The summed E-state index contributed by atoms with van der Waals surface area (Å²) in [5, 5.41) is 0. The smallest absolute Gasteiger partial charge is 0.00385 e. The molecule has 0 radical (unpaired) electrons. The van der Waals surface area contributed by atoms with Crippen molar-refractivity contribution < 1.29 is 0 Å². The van der Waals surface area contributed by atoms with Gasteiger partial charge in [-0.05, 0) is 51.6 Å². The molecule has 1 fully saturated rings. The van der Waals surface area contributed by atoms with Crippen molar-refractivity contribution in [1.29, 1.82) is 0 Å². The van der Waals surface area contributed by atoms with Gasteiger partial charge in [-0.2, -0.15) is 0 Å². The van der Waals surface area contributed by atoms with E-state index < -0.39 is 0 Å². The van der Waals surface area contributed by atoms with E-state index in [1.165, 1.54) is 45.2 Å². The Kier molecular flexibility index (Phi) is 5.66. The quantitative estimate of drug-likeness (QED) is 0.669. The average molecular weight is 211 g/mol. The summed E-state index contributed by atoms with van der Waals surface area (Å²) in [7, 11) is 0. The maximum Gasteiger partial charge on any atom is 0.00385 e. The van der Waals surface area contributed by atoms with Gasteiger partial charge in [0, 0.05) is 6.04 Å². The largest absolute Gasteiger partial charge is 0.301 e. The Morgan fingerprint density at radius 1 is 0.867 bits per heavy atom. The zero-order chi connectivity index (χ0) is 11.3. The Bertz CT molecular complexity index is 145. The second-order valence-corrected chi connectivity index (χ2v) is 5.77. The van der Waals surface area contributed by atoms with E-state index in [0.717, 1.165) is 17.9 Å². The maximum atomic E-state index is 2.67. The summed E-state index contributed by atoms with van der Waals surface area (Å²) in [5.74, 6) is 1.83. The van der Waals surface area contributed by atoms with E-state index in [1.807, 2.05) is 0 Å². The molecule has 0 N–H and O–H groups in total. The monoisotopic (exact) mass is 211 g/mol. The van der Waals surface area contributed by atoms with Crippen molar-refractivity contribution in [2.45, 2.75) is 65.8 Å². The Morgan fingerprint density at radius 3 is 2.20 bits per heavy atom. The van der Waals surface area contributed by atoms with Crippen LogP contribution in [-0.4, -0.2) is 24.0 Å². The molecule has 1 aliphatic heterocycles. The Morgan fingerprint density at radius 2 is 1.60 bits per heavy atom. The normalized spacial score (nSPS) is 26.4. The van der Waals surface area contributed by atoms with Crippen molar-refractivity contribution in [1.82, 2.24) is 4.90 Å². The van der Waals surface area contributed by atoms with E-state index in [0.29, 0.717) is 0 Å². The van der Waals surface area contributed by atoms with Crippen LogP contribution in [0.15, 0.2) is 0 Å². The van der Waals surface area contributed by atoms with Crippen molar-refractivity contribution in [3.05, 3.63) is 0 Å². The highest BCUT2D eigenvalue weighted by Gasteiger charge is 2.18. The summed E-state index contributed by atoms with van der Waals surface area (Å²) >= 11 is 0. The van der Waals surface area contributed by atoms with Crippen LogP contribution in [0.3, 0.4) is 0 Å². The topological polar surface area (TPSA) is 3.24 Å². The molecule has 0 aromatic heterocycles. The summed E-state index contributed by atoms with van der Waals surface area (Å²) in [6.07, 6.45) is 7.17. The molecule has 0 aliphatic carbocycles. The van der Waals surface area contributed by atoms with E-state index in [1.54, 1.807) is 0 Å². The molecule has 15 heavy (non-hydrogen) atoms. The Hall–Kier alpha value is -0.0400. The van der Waals surface area contributed by atoms with Gasteiger partial charge in [-0.15, -0.1) is 0 Å². The standard InChI is InChI=1S/C14H29N/c1-12(2)14-8-6-5-7-10-15(11-9-14)13(3)4/h12-14H,5-11H2,1-4H3. The second kappa shape index (κ2) is 6.52. The number of hydrogen-bond acceptors (Lipinski definition) is 1. The van der Waals surface area contributed by atoms with Crippen LogP contribution in [-0.2, 0) is 0 Å². The van der Waals surface area contributed by atoms with Gasteiger partial charge in [0.15, 0.2) is 0 Å². The molecular weight excluding hydrogens is 182 g/mol. The lowest BCUT2D eigenvalue weighted by atomic mass is 9.88. The highest BCUT2D eigenvalue weighted by atomic mass is 15.1. The van der Waals surface area contributed by atoms with E-state index >= 15 is 0 Å². The highest BCUT2D eigenvalue weighted by Crippen LogP contribution is 2.24. The predicted molar refractivity (Wildman–Crippen MR) is 68.1 cm³/mol. The molecule has 0 saturated carbocycles. The van der Waals surface area contributed by atoms with Gasteiger partial charge < -0.3 is 4.90 Å². The zero-order valence-electron chi connectivity index (χ0n) is 11.1. The third kappa shape index (κ3) is 4.55. The maximum absolute atomic E-state index is 2.67. The molecule has 0 amide bonds. The fraction of sp³-hybridized carbons (Fsp3) is 1.00. The third-order valence-electron chi connectivity index (χ3n) is 3.98. The molecule has 0 spiro atoms. The Labute approximate surface area is 96.2 Å². The van der Waals surface area contributed by atoms with Crippen LogP contribution in [0.25, 0.3) is 0 Å². The molecule has 1 aliphatic rings. The van der Waals surface area contributed by atoms with Gasteiger partial charge in [-0.1, -0.05) is 33.1 Å². The minimum atomic E-state index is 0.732. The van der Waals surface area contributed by atoms with Gasteiger partial charge in [-0.3, -0.25) is 0 Å². The van der Waals surface area contributed by atoms with Gasteiger partial charge in [-0.25, -0.2) is 0 Å². The number of hydrogen-bond donors (Lipinski definition) is 0. The van der Waals surface area contributed by atoms with Crippen LogP contribution in [0.4, 0.5) is 0 Å². The number of nitrogens with zero attached hydrogens (tertiary/aromatic N) is 1. The van der Waals surface area contributed by atoms with Gasteiger partial charge in [0.05, 0.1) is 0 Å². The molecule has 0 bridgehead atoms. The van der Waals surface area contributed by atoms with Crippen LogP contribution >= 0.6 is 0 Å². The SMILES string of the molecule is CC(C)C1CCCCCN(C(C)C)CC1. The molecule has 90 valence electrons. The number of rotatable bonds is 2. The molecule has 0 aromatic carbocycles. The van der Waals surface area contributed by atoms with Crippen molar-refractivity contribution in [3.63, 3.8) is 0 Å². The first-order valence-corrected chi connectivity index (χ1v) is 6.85. The van der Waals surface area contributed by atoms with E-state index in [2.05, 4.69) is 32.6 Å². The molecule has 1 heterocycles. The predicted octanol–water partition coefficient (Wildman–Crippen LogP) is 3.93. The van der Waals surface area contributed by atoms with E-state index in [9.17, 15) is 0 Å². The summed E-state index contributed by atoms with van der Waals surface area (Å²) in [4.78, 5) is 2.67. The molecule has 0 aromatic rings. The highest BCUT2D eigenvalue weighted by molar-refractivity contribution is 4.71. The van der Waals surface area contributed by atoms with Gasteiger partial charge >= 0.3 is 0 Å². The molecule has 1 heteroatoms. The molecular formula is C14H29N. The first-order valence-electron chi connectivity index (χ1n) is 6.85. The molecule has 1 unspecified atom stereocenters. The second-order valence-electron chi connectivity index (χ2n) is 5.77. The fourth-order valence-corrected chi connectivity index (χ4v) is 2.67.